The summed E-state index contributed by atoms with van der Waals surface area (Å²) >= 11 is 6.56. The Morgan fingerprint density at radius 2 is 1.77 bits per heavy atom. The number of nitrogen functional groups attached to an aromatic ring is 1. The van der Waals surface area contributed by atoms with E-state index in [0.717, 1.165) is 15.9 Å². The number of nitrogens with one attached hydrogen (secondary N) is 2. The Kier molecular flexibility index (Phi) is 5.17. The number of hydrogen-bond donors (Lipinski definition) is 3. The Balaban J connectivity index is 1.66. The number of carbonyl (C=O) groups is 1. The summed E-state index contributed by atoms with van der Waals surface area (Å²) in [5, 5.41) is 0.260. The third-order valence-corrected chi connectivity index (χ3v) is 7.40. The van der Waals surface area contributed by atoms with Gasteiger partial charge in [-0.05, 0) is 54.6 Å². The number of hydrogen-bond acceptors (Lipinski definition) is 7. The minimum atomic E-state index is -4.08. The number of nitrogens with zero attached hydrogens (tertiary/aromatic N) is 1. The first kappa shape index (κ1) is 20.8. The number of H-pyrrole nitrogens is 1. The Bertz CT molecular complexity index is 1550. The lowest BCUT2D eigenvalue weighted by Crippen LogP contribution is -2.33. The zero-order valence-corrected chi connectivity index (χ0v) is 17.8. The summed E-state index contributed by atoms with van der Waals surface area (Å²) in [7, 11) is -4.08. The highest BCUT2D eigenvalue weighted by molar-refractivity contribution is 7.92. The fourth-order valence-corrected chi connectivity index (χ4v) is 5.36. The number of thiophene rings is 1. The topological polar surface area (TPSA) is 144 Å². The molecule has 31 heavy (non-hydrogen) atoms. The molecule has 4 rings (SSSR count). The standard InChI is InChI=1S/C19H13ClN4O5S2/c20-15-7-8-16(30-15)31(28,29)23-17(25)10-1-4-12(5-2-10)24-18(26)13-6-3-11(21)9-14(13)22-19(24)27/h1-9H,21H2,(H,22,27)(H,23,25). The van der Waals surface area contributed by atoms with E-state index < -0.39 is 27.2 Å². The van der Waals surface area contributed by atoms with Crippen LogP contribution >= 0.6 is 22.9 Å². The van der Waals surface area contributed by atoms with E-state index in [9.17, 15) is 22.8 Å². The van der Waals surface area contributed by atoms with Crippen LogP contribution in [0.25, 0.3) is 16.6 Å². The van der Waals surface area contributed by atoms with Crippen LogP contribution in [0.3, 0.4) is 0 Å². The molecular weight excluding hydrogens is 464 g/mol. The second kappa shape index (κ2) is 7.69. The third kappa shape index (κ3) is 3.98. The van der Waals surface area contributed by atoms with Crippen LogP contribution < -0.4 is 21.7 Å². The number of nitrogens with two attached hydrogens (primary N) is 1. The number of fused-ring (bicyclic) bond motifs is 1. The molecule has 0 radical (unpaired) electrons. The van der Waals surface area contributed by atoms with Crippen LogP contribution in [0.5, 0.6) is 0 Å². The first-order chi connectivity index (χ1) is 14.7. The summed E-state index contributed by atoms with van der Waals surface area (Å²) in [5.41, 5.74) is 5.37. The predicted octanol–water partition coefficient (Wildman–Crippen LogP) is 2.09. The van der Waals surface area contributed by atoms with Gasteiger partial charge in [-0.25, -0.2) is 22.5 Å². The Hall–Kier alpha value is -3.41. The van der Waals surface area contributed by atoms with E-state index in [0.29, 0.717) is 11.2 Å². The monoisotopic (exact) mass is 476 g/mol. The van der Waals surface area contributed by atoms with Crippen LogP contribution in [0, 0.1) is 0 Å². The van der Waals surface area contributed by atoms with E-state index in [2.05, 4.69) is 4.98 Å². The Morgan fingerprint density at radius 1 is 1.06 bits per heavy atom. The Labute approximate surface area is 183 Å². The van der Waals surface area contributed by atoms with Crippen molar-refractivity contribution in [3.8, 4) is 5.69 Å². The van der Waals surface area contributed by atoms with E-state index in [1.165, 1.54) is 48.5 Å². The quantitative estimate of drug-likeness (QED) is 0.385. The smallest absolute Gasteiger partial charge is 0.333 e. The van der Waals surface area contributed by atoms with Crippen LogP contribution in [0.4, 0.5) is 5.69 Å². The number of halogens is 1. The SMILES string of the molecule is Nc1ccc2c(=O)n(-c3ccc(C(=O)NS(=O)(=O)c4ccc(Cl)s4)cc3)c(=O)[nH]c2c1. The highest BCUT2D eigenvalue weighted by Gasteiger charge is 2.21. The van der Waals surface area contributed by atoms with Crippen molar-refractivity contribution in [2.24, 2.45) is 0 Å². The van der Waals surface area contributed by atoms with Crippen LogP contribution in [0.1, 0.15) is 10.4 Å². The van der Waals surface area contributed by atoms with E-state index >= 15 is 0 Å². The normalized spacial score (nSPS) is 11.5. The molecule has 4 aromatic rings. The van der Waals surface area contributed by atoms with Crippen molar-refractivity contribution in [3.05, 3.63) is 85.3 Å². The largest absolute Gasteiger partial charge is 0.399 e. The lowest BCUT2D eigenvalue weighted by molar-refractivity contribution is 0.0981. The molecule has 0 fully saturated rings. The molecule has 0 saturated heterocycles. The van der Waals surface area contributed by atoms with Gasteiger partial charge in [0, 0.05) is 11.3 Å². The van der Waals surface area contributed by atoms with Gasteiger partial charge in [0.05, 0.1) is 20.9 Å². The predicted molar refractivity (Wildman–Crippen MR) is 119 cm³/mol. The molecule has 4 N–H and O–H groups in total. The van der Waals surface area contributed by atoms with E-state index in [1.807, 2.05) is 4.72 Å². The van der Waals surface area contributed by atoms with E-state index in [4.69, 9.17) is 17.3 Å². The van der Waals surface area contributed by atoms with Gasteiger partial charge in [-0.15, -0.1) is 11.3 Å². The van der Waals surface area contributed by atoms with Gasteiger partial charge in [0.15, 0.2) is 0 Å². The summed E-state index contributed by atoms with van der Waals surface area (Å²) < 4.78 is 27.6. The first-order valence-corrected chi connectivity index (χ1v) is 11.3. The molecule has 0 aliphatic heterocycles. The van der Waals surface area contributed by atoms with Crippen molar-refractivity contribution in [1.82, 2.24) is 14.3 Å². The molecule has 12 heteroatoms. The molecule has 0 aliphatic carbocycles. The molecule has 0 saturated carbocycles. The lowest BCUT2D eigenvalue weighted by Gasteiger charge is -2.08. The summed E-state index contributed by atoms with van der Waals surface area (Å²) in [6.07, 6.45) is 0. The summed E-state index contributed by atoms with van der Waals surface area (Å²) in [5.74, 6) is -0.869. The van der Waals surface area contributed by atoms with Crippen molar-refractivity contribution in [2.75, 3.05) is 5.73 Å². The maximum atomic E-state index is 12.8. The van der Waals surface area contributed by atoms with Crippen LogP contribution in [0.2, 0.25) is 4.34 Å². The molecule has 2 heterocycles. The average molecular weight is 477 g/mol. The molecule has 0 aliphatic rings. The van der Waals surface area contributed by atoms with Crippen LogP contribution in [-0.4, -0.2) is 23.9 Å². The minimum Gasteiger partial charge on any atom is -0.399 e. The van der Waals surface area contributed by atoms with Gasteiger partial charge in [0.2, 0.25) is 0 Å². The summed E-state index contributed by atoms with van der Waals surface area (Å²) in [6.45, 7) is 0. The minimum absolute atomic E-state index is 0.0213. The van der Waals surface area contributed by atoms with Gasteiger partial charge in [-0.3, -0.25) is 9.59 Å². The molecule has 158 valence electrons. The molecular formula is C19H13ClN4O5S2. The van der Waals surface area contributed by atoms with Crippen LogP contribution in [-0.2, 0) is 10.0 Å². The van der Waals surface area contributed by atoms with Gasteiger partial charge in [0.1, 0.15) is 4.21 Å². The third-order valence-electron chi connectivity index (χ3n) is 4.35. The van der Waals surface area contributed by atoms with E-state index in [1.54, 1.807) is 6.07 Å². The number of anilines is 1. The zero-order chi connectivity index (χ0) is 22.3. The number of benzene rings is 2. The zero-order valence-electron chi connectivity index (χ0n) is 15.5. The molecule has 1 amide bonds. The molecule has 9 nitrogen and oxygen atoms in total. The van der Waals surface area contributed by atoms with Gasteiger partial charge < -0.3 is 10.7 Å². The maximum absolute atomic E-state index is 12.8. The second-order valence-electron chi connectivity index (χ2n) is 6.42. The first-order valence-electron chi connectivity index (χ1n) is 8.63. The number of sulfonamides is 1. The number of carbonyl (C=O) groups excluding carboxylic acids is 1. The highest BCUT2D eigenvalue weighted by atomic mass is 35.5. The average Bonchev–Trinajstić information content (AvgIpc) is 3.15. The maximum Gasteiger partial charge on any atom is 0.333 e. The summed E-state index contributed by atoms with van der Waals surface area (Å²) in [4.78, 5) is 40.1. The molecule has 0 atom stereocenters. The van der Waals surface area contributed by atoms with Gasteiger partial charge in [0.25, 0.3) is 21.5 Å². The number of aromatic amines is 1. The van der Waals surface area contributed by atoms with Gasteiger partial charge in [-0.2, -0.15) is 0 Å². The molecule has 2 aromatic carbocycles. The fraction of sp³-hybridized carbons (Fsp3) is 0. The van der Waals surface area contributed by atoms with Gasteiger partial charge in [-0.1, -0.05) is 11.6 Å². The molecule has 2 aromatic heterocycles. The lowest BCUT2D eigenvalue weighted by atomic mass is 10.2. The highest BCUT2D eigenvalue weighted by Crippen LogP contribution is 2.25. The van der Waals surface area contributed by atoms with E-state index in [-0.39, 0.29) is 25.2 Å². The fourth-order valence-electron chi connectivity index (χ4n) is 2.91. The van der Waals surface area contributed by atoms with Crippen molar-refractivity contribution in [3.63, 3.8) is 0 Å². The molecule has 0 spiro atoms. The van der Waals surface area contributed by atoms with Gasteiger partial charge >= 0.3 is 5.69 Å². The van der Waals surface area contributed by atoms with Crippen molar-refractivity contribution in [2.45, 2.75) is 4.21 Å². The summed E-state index contributed by atoms with van der Waals surface area (Å²) in [6, 6.07) is 12.6. The number of rotatable bonds is 4. The van der Waals surface area contributed by atoms with Crippen molar-refractivity contribution < 1.29 is 13.2 Å². The number of aromatic nitrogens is 2. The number of amides is 1. The molecule has 0 unspecified atom stereocenters. The van der Waals surface area contributed by atoms with Crippen LogP contribution in [0.15, 0.2) is 68.4 Å². The molecule has 0 bridgehead atoms. The van der Waals surface area contributed by atoms with Crippen molar-refractivity contribution >= 4 is 55.5 Å². The van der Waals surface area contributed by atoms with Crippen molar-refractivity contribution in [1.29, 1.82) is 0 Å². The second-order valence-corrected chi connectivity index (χ2v) is 10.0. The Morgan fingerprint density at radius 3 is 2.42 bits per heavy atom.